The topological polar surface area (TPSA) is 80.2 Å². The zero-order valence-corrected chi connectivity index (χ0v) is 16.8. The zero-order valence-electron chi connectivity index (χ0n) is 16.8. The van der Waals surface area contributed by atoms with E-state index in [1.165, 1.54) is 26.2 Å². The smallest absolute Gasteiger partial charge is 0.442 e. The molecule has 3 rings (SSSR count). The lowest BCUT2D eigenvalue weighted by Gasteiger charge is -2.28. The Morgan fingerprint density at radius 3 is 2.32 bits per heavy atom. The minimum atomic E-state index is -5.20. The highest BCUT2D eigenvalue weighted by Crippen LogP contribution is 2.39. The molecule has 0 unspecified atom stereocenters. The molecule has 1 atom stereocenters. The summed E-state index contributed by atoms with van der Waals surface area (Å²) in [7, 11) is 1.48. The monoisotopic (exact) mass is 435 g/mol. The van der Waals surface area contributed by atoms with Crippen LogP contribution in [0.3, 0.4) is 0 Å². The molecule has 2 amide bonds. The van der Waals surface area contributed by atoms with E-state index in [2.05, 4.69) is 9.73 Å². The number of amidine groups is 1. The summed E-state index contributed by atoms with van der Waals surface area (Å²) >= 11 is 0. The first kappa shape index (κ1) is 22.1. The molecule has 0 fully saturated rings. The summed E-state index contributed by atoms with van der Waals surface area (Å²) in [5, 5.41) is 1.63. The van der Waals surface area contributed by atoms with Crippen LogP contribution in [0.5, 0.6) is 5.75 Å². The van der Waals surface area contributed by atoms with E-state index in [4.69, 9.17) is 4.74 Å². The fourth-order valence-electron chi connectivity index (χ4n) is 3.08. The van der Waals surface area contributed by atoms with Crippen molar-refractivity contribution in [3.05, 3.63) is 65.7 Å². The Balaban J connectivity index is 2.07. The van der Waals surface area contributed by atoms with Crippen molar-refractivity contribution in [1.29, 1.82) is 0 Å². The van der Waals surface area contributed by atoms with E-state index < -0.39 is 23.8 Å². The highest BCUT2D eigenvalue weighted by atomic mass is 19.4. The molecule has 0 aromatic heterocycles. The summed E-state index contributed by atoms with van der Waals surface area (Å²) in [6.07, 6.45) is -6.60. The average molecular weight is 435 g/mol. The first-order valence-electron chi connectivity index (χ1n) is 9.33. The third kappa shape index (κ3) is 4.32. The number of methoxy groups -OCH3 is 1. The molecule has 0 spiro atoms. The lowest BCUT2D eigenvalue weighted by atomic mass is 10.1. The minimum absolute atomic E-state index is 0.168. The van der Waals surface area contributed by atoms with Gasteiger partial charge in [-0.25, -0.2) is 9.79 Å². The lowest BCUT2D eigenvalue weighted by molar-refractivity contribution is -0.197. The fourth-order valence-corrected chi connectivity index (χ4v) is 3.08. The number of hydrogen-bond acceptors (Lipinski definition) is 5. The molecule has 1 N–H and O–H groups in total. The van der Waals surface area contributed by atoms with E-state index >= 15 is 0 Å². The van der Waals surface area contributed by atoms with Crippen LogP contribution in [0.15, 0.2) is 59.6 Å². The summed E-state index contributed by atoms with van der Waals surface area (Å²) in [4.78, 5) is 29.6. The van der Waals surface area contributed by atoms with Crippen molar-refractivity contribution in [2.45, 2.75) is 25.3 Å². The molecule has 1 aliphatic heterocycles. The maximum Gasteiger partial charge on any atom is 0.442 e. The van der Waals surface area contributed by atoms with Crippen LogP contribution in [0, 0.1) is 0 Å². The van der Waals surface area contributed by atoms with Crippen molar-refractivity contribution in [3.8, 4) is 5.75 Å². The first-order valence-corrected chi connectivity index (χ1v) is 9.33. The van der Waals surface area contributed by atoms with Gasteiger partial charge in [0.2, 0.25) is 0 Å². The molecule has 0 saturated heterocycles. The van der Waals surface area contributed by atoms with Crippen molar-refractivity contribution in [2.75, 3.05) is 13.7 Å². The molecule has 164 valence electrons. The molecule has 0 aliphatic carbocycles. The molecule has 7 nitrogen and oxygen atoms in total. The van der Waals surface area contributed by atoms with Gasteiger partial charge in [0.25, 0.3) is 5.91 Å². The molecule has 0 radical (unpaired) electrons. The SMILES string of the molecule is CCOC(=O)N[C@]1(C(F)(F)F)N=C(c2ccccc2)N(Cc2ccc(OC)cc2)C1=O. The Bertz CT molecular complexity index is 978. The number of hydrogen-bond donors (Lipinski definition) is 1. The van der Waals surface area contributed by atoms with E-state index in [1.807, 2.05) is 0 Å². The molecular weight excluding hydrogens is 415 g/mol. The number of carbonyl (C=O) groups is 2. The van der Waals surface area contributed by atoms with Gasteiger partial charge >= 0.3 is 17.9 Å². The van der Waals surface area contributed by atoms with Crippen LogP contribution in [0.2, 0.25) is 0 Å². The maximum atomic E-state index is 14.1. The number of alkyl carbamates (subject to hydrolysis) is 1. The van der Waals surface area contributed by atoms with Gasteiger partial charge < -0.3 is 9.47 Å². The van der Waals surface area contributed by atoms with Crippen LogP contribution in [0.1, 0.15) is 18.1 Å². The van der Waals surface area contributed by atoms with Crippen LogP contribution in [-0.2, 0) is 16.1 Å². The van der Waals surface area contributed by atoms with Gasteiger partial charge in [-0.1, -0.05) is 42.5 Å². The second-order valence-electron chi connectivity index (χ2n) is 6.59. The number of nitrogens with one attached hydrogen (secondary N) is 1. The maximum absolute atomic E-state index is 14.1. The summed E-state index contributed by atoms with van der Waals surface area (Å²) < 4.78 is 52.0. The number of rotatable bonds is 6. The molecule has 0 bridgehead atoms. The Labute approximate surface area is 176 Å². The normalized spacial score (nSPS) is 18.5. The number of alkyl halides is 3. The minimum Gasteiger partial charge on any atom is -0.497 e. The Morgan fingerprint density at radius 2 is 1.77 bits per heavy atom. The van der Waals surface area contributed by atoms with Crippen LogP contribution in [-0.4, -0.2) is 48.3 Å². The van der Waals surface area contributed by atoms with Gasteiger partial charge in [-0.2, -0.15) is 13.2 Å². The van der Waals surface area contributed by atoms with E-state index in [9.17, 15) is 22.8 Å². The van der Waals surface area contributed by atoms with Crippen molar-refractivity contribution >= 4 is 17.8 Å². The van der Waals surface area contributed by atoms with Gasteiger partial charge in [0, 0.05) is 5.56 Å². The van der Waals surface area contributed by atoms with Crippen LogP contribution in [0.25, 0.3) is 0 Å². The van der Waals surface area contributed by atoms with E-state index in [0.29, 0.717) is 16.9 Å². The summed E-state index contributed by atoms with van der Waals surface area (Å²) in [5.74, 6) is -1.08. The van der Waals surface area contributed by atoms with Crippen LogP contribution in [0.4, 0.5) is 18.0 Å². The highest BCUT2D eigenvalue weighted by Gasteiger charge is 2.67. The summed E-state index contributed by atoms with van der Waals surface area (Å²) in [5.41, 5.74) is -2.65. The first-order chi connectivity index (χ1) is 14.7. The number of ether oxygens (including phenoxy) is 2. The van der Waals surface area contributed by atoms with Gasteiger partial charge in [0.15, 0.2) is 0 Å². The lowest BCUT2D eigenvalue weighted by Crippen LogP contribution is -2.63. The molecule has 2 aromatic carbocycles. The zero-order chi connectivity index (χ0) is 22.6. The van der Waals surface area contributed by atoms with Gasteiger partial charge in [-0.15, -0.1) is 0 Å². The molecule has 1 aliphatic rings. The standard InChI is InChI=1S/C21H20F3N3O4/c1-3-31-19(29)26-20(21(22,23)24)18(28)27(13-14-9-11-16(30-2)12-10-14)17(25-20)15-7-5-4-6-8-15/h4-12H,3,13H2,1-2H3,(H,26,29)/t20-/m1/s1. The van der Waals surface area contributed by atoms with Gasteiger partial charge in [0.1, 0.15) is 11.6 Å². The third-order valence-corrected chi connectivity index (χ3v) is 4.58. The second-order valence-corrected chi connectivity index (χ2v) is 6.59. The van der Waals surface area contributed by atoms with Gasteiger partial charge in [0.05, 0.1) is 20.3 Å². The number of amides is 2. The number of carbonyl (C=O) groups excluding carboxylic acids is 2. The molecule has 10 heteroatoms. The molecule has 0 saturated carbocycles. The molecule has 2 aromatic rings. The number of aliphatic imine (C=N–C) groups is 1. The highest BCUT2D eigenvalue weighted by molar-refractivity contribution is 6.16. The van der Waals surface area contributed by atoms with Crippen molar-refractivity contribution in [2.24, 2.45) is 4.99 Å². The quantitative estimate of drug-likeness (QED) is 0.753. The number of nitrogens with zero attached hydrogens (tertiary/aromatic N) is 2. The van der Waals surface area contributed by atoms with Gasteiger partial charge in [-0.05, 0) is 24.6 Å². The Kier molecular flexibility index (Phi) is 6.19. The van der Waals surface area contributed by atoms with Crippen molar-refractivity contribution < 1.29 is 32.2 Å². The van der Waals surface area contributed by atoms with Crippen molar-refractivity contribution in [1.82, 2.24) is 10.2 Å². The largest absolute Gasteiger partial charge is 0.497 e. The number of benzene rings is 2. The molecule has 31 heavy (non-hydrogen) atoms. The predicted molar refractivity (Wildman–Crippen MR) is 105 cm³/mol. The Morgan fingerprint density at radius 1 is 1.13 bits per heavy atom. The Hall–Kier alpha value is -3.56. The van der Waals surface area contributed by atoms with Crippen molar-refractivity contribution in [3.63, 3.8) is 0 Å². The van der Waals surface area contributed by atoms with E-state index in [0.717, 1.165) is 4.90 Å². The van der Waals surface area contributed by atoms with Gasteiger partial charge in [-0.3, -0.25) is 15.0 Å². The molecular formula is C21H20F3N3O4. The fraction of sp³-hybridized carbons (Fsp3) is 0.286. The molecule has 1 heterocycles. The average Bonchev–Trinajstić information content (AvgIpc) is 3.02. The van der Waals surface area contributed by atoms with Crippen LogP contribution >= 0.6 is 0 Å². The second kappa shape index (κ2) is 8.66. The summed E-state index contributed by atoms with van der Waals surface area (Å²) in [6, 6.07) is 14.5. The van der Waals surface area contributed by atoms with Crippen LogP contribution < -0.4 is 10.1 Å². The number of halogens is 3. The third-order valence-electron chi connectivity index (χ3n) is 4.58. The predicted octanol–water partition coefficient (Wildman–Crippen LogP) is 3.49. The van der Waals surface area contributed by atoms with E-state index in [1.54, 1.807) is 47.8 Å². The van der Waals surface area contributed by atoms with E-state index in [-0.39, 0.29) is 19.0 Å². The summed E-state index contributed by atoms with van der Waals surface area (Å²) in [6.45, 7) is 1.07.